The molecule has 2 N–H and O–H groups in total. The van der Waals surface area contributed by atoms with Crippen molar-refractivity contribution < 1.29 is 12.8 Å². The highest BCUT2D eigenvalue weighted by Crippen LogP contribution is 2.27. The van der Waals surface area contributed by atoms with Crippen molar-refractivity contribution in [1.82, 2.24) is 4.98 Å². The van der Waals surface area contributed by atoms with Gasteiger partial charge in [0.05, 0.1) is 15.8 Å². The summed E-state index contributed by atoms with van der Waals surface area (Å²) in [7, 11) is -2.32. The minimum absolute atomic E-state index is 0.143. The normalized spacial score (nSPS) is 11.2. The van der Waals surface area contributed by atoms with Crippen molar-refractivity contribution in [3.63, 3.8) is 0 Å². The highest BCUT2D eigenvalue weighted by Gasteiger charge is 2.21. The third-order valence-corrected chi connectivity index (χ3v) is 4.74. The number of rotatable bonds is 4. The Morgan fingerprint density at radius 3 is 2.67 bits per heavy atom. The summed E-state index contributed by atoms with van der Waals surface area (Å²) >= 11 is 3.05. The van der Waals surface area contributed by atoms with Gasteiger partial charge in [-0.05, 0) is 52.7 Å². The number of hydrogen-bond donors (Lipinski definition) is 2. The Labute approximate surface area is 130 Å². The summed E-state index contributed by atoms with van der Waals surface area (Å²) in [5.41, 5.74) is 1.12. The maximum atomic E-state index is 13.6. The van der Waals surface area contributed by atoms with Gasteiger partial charge in [0.1, 0.15) is 5.82 Å². The zero-order valence-electron chi connectivity index (χ0n) is 11.3. The third kappa shape index (κ3) is 3.33. The summed E-state index contributed by atoms with van der Waals surface area (Å²) in [5, 5.41) is 2.62. The molecular weight excluding hydrogens is 361 g/mol. The van der Waals surface area contributed by atoms with Crippen LogP contribution >= 0.6 is 15.9 Å². The molecule has 2 aromatic rings. The Morgan fingerprint density at radius 1 is 1.29 bits per heavy atom. The van der Waals surface area contributed by atoms with Crippen molar-refractivity contribution in [1.29, 1.82) is 0 Å². The molecule has 5 nitrogen and oxygen atoms in total. The first-order valence-electron chi connectivity index (χ1n) is 5.96. The second-order valence-electron chi connectivity index (χ2n) is 4.29. The van der Waals surface area contributed by atoms with Gasteiger partial charge in [-0.1, -0.05) is 0 Å². The van der Waals surface area contributed by atoms with Gasteiger partial charge in [-0.3, -0.25) is 4.72 Å². The largest absolute Gasteiger partial charge is 0.386 e. The summed E-state index contributed by atoms with van der Waals surface area (Å²) in [5.74, 6) is -0.548. The number of pyridine rings is 1. The molecule has 1 aromatic carbocycles. The summed E-state index contributed by atoms with van der Waals surface area (Å²) in [6.45, 7) is 1.68. The van der Waals surface area contributed by atoms with Gasteiger partial charge in [0.15, 0.2) is 5.03 Å². The number of anilines is 2. The zero-order chi connectivity index (χ0) is 15.6. The van der Waals surface area contributed by atoms with E-state index in [9.17, 15) is 12.8 Å². The summed E-state index contributed by atoms with van der Waals surface area (Å²) < 4.78 is 41.0. The Bertz CT molecular complexity index is 781. The second-order valence-corrected chi connectivity index (χ2v) is 6.74. The fourth-order valence-electron chi connectivity index (χ4n) is 1.74. The topological polar surface area (TPSA) is 71.1 Å². The van der Waals surface area contributed by atoms with Crippen molar-refractivity contribution in [2.24, 2.45) is 0 Å². The molecule has 1 heterocycles. The molecular formula is C13H13BrFN3O2S. The Hall–Kier alpha value is -1.67. The monoisotopic (exact) mass is 373 g/mol. The lowest BCUT2D eigenvalue weighted by Gasteiger charge is -2.13. The number of nitrogens with zero attached hydrogens (tertiary/aromatic N) is 1. The Morgan fingerprint density at radius 2 is 2.00 bits per heavy atom. The minimum Gasteiger partial charge on any atom is -0.386 e. The molecule has 0 saturated carbocycles. The van der Waals surface area contributed by atoms with Crippen LogP contribution in [0.4, 0.5) is 15.8 Å². The summed E-state index contributed by atoms with van der Waals surface area (Å²) in [6, 6.07) is 5.84. The quantitative estimate of drug-likeness (QED) is 0.863. The standard InChI is InChI=1S/C13H13BrFN3O2S/c1-8-6-9(14)10(15)7-12(8)18-21(19,20)13-11(16-2)4-3-5-17-13/h3-7,16,18H,1-2H3. The van der Waals surface area contributed by atoms with Crippen molar-refractivity contribution in [2.75, 3.05) is 17.1 Å². The van der Waals surface area contributed by atoms with Crippen molar-refractivity contribution in [3.05, 3.63) is 46.3 Å². The van der Waals surface area contributed by atoms with Gasteiger partial charge in [-0.25, -0.2) is 9.37 Å². The van der Waals surface area contributed by atoms with Crippen molar-refractivity contribution in [2.45, 2.75) is 11.9 Å². The molecule has 0 amide bonds. The fourth-order valence-corrected chi connectivity index (χ4v) is 3.47. The van der Waals surface area contributed by atoms with E-state index in [1.165, 1.54) is 12.3 Å². The molecule has 0 spiro atoms. The van der Waals surface area contributed by atoms with E-state index in [1.807, 2.05) is 0 Å². The molecule has 21 heavy (non-hydrogen) atoms. The van der Waals surface area contributed by atoms with E-state index in [2.05, 4.69) is 31.0 Å². The van der Waals surface area contributed by atoms with Crippen molar-refractivity contribution in [3.8, 4) is 0 Å². The van der Waals surface area contributed by atoms with Crippen LogP contribution in [0.15, 0.2) is 40.0 Å². The third-order valence-electron chi connectivity index (χ3n) is 2.81. The molecule has 8 heteroatoms. The molecule has 0 aliphatic carbocycles. The number of hydrogen-bond acceptors (Lipinski definition) is 4. The van der Waals surface area contributed by atoms with Crippen LogP contribution in [0.1, 0.15) is 5.56 Å². The fraction of sp³-hybridized carbons (Fsp3) is 0.154. The number of sulfonamides is 1. The van der Waals surface area contributed by atoms with Gasteiger partial charge < -0.3 is 5.32 Å². The zero-order valence-corrected chi connectivity index (χ0v) is 13.7. The van der Waals surface area contributed by atoms with Gasteiger partial charge in [-0.15, -0.1) is 0 Å². The molecule has 2 rings (SSSR count). The second kappa shape index (κ2) is 5.98. The first kappa shape index (κ1) is 15.7. The first-order chi connectivity index (χ1) is 9.85. The predicted molar refractivity (Wildman–Crippen MR) is 83.4 cm³/mol. The van der Waals surface area contributed by atoms with Crippen LogP contribution in [0.5, 0.6) is 0 Å². The smallest absolute Gasteiger partial charge is 0.281 e. The van der Waals surface area contributed by atoms with E-state index in [0.717, 1.165) is 6.07 Å². The molecule has 0 unspecified atom stereocenters. The van der Waals surface area contributed by atoms with Gasteiger partial charge >= 0.3 is 0 Å². The van der Waals surface area contributed by atoms with Gasteiger partial charge in [0, 0.05) is 13.2 Å². The number of benzene rings is 1. The van der Waals surface area contributed by atoms with E-state index >= 15 is 0 Å². The van der Waals surface area contributed by atoms with Gasteiger partial charge in [-0.2, -0.15) is 8.42 Å². The molecule has 0 fully saturated rings. The van der Waals surface area contributed by atoms with Crippen LogP contribution in [0, 0.1) is 12.7 Å². The Kier molecular flexibility index (Phi) is 4.48. The van der Waals surface area contributed by atoms with E-state index in [-0.39, 0.29) is 15.2 Å². The van der Waals surface area contributed by atoms with Crippen molar-refractivity contribution >= 4 is 37.3 Å². The van der Waals surface area contributed by atoms with Gasteiger partial charge in [0.2, 0.25) is 0 Å². The molecule has 0 saturated heterocycles. The minimum atomic E-state index is -3.91. The predicted octanol–water partition coefficient (Wildman–Crippen LogP) is 3.13. The van der Waals surface area contributed by atoms with E-state index < -0.39 is 15.8 Å². The van der Waals surface area contributed by atoms with Crippen LogP contribution < -0.4 is 10.0 Å². The van der Waals surface area contributed by atoms with E-state index in [1.54, 1.807) is 26.1 Å². The number of halogens is 2. The molecule has 0 aliphatic rings. The Balaban J connectivity index is 2.45. The van der Waals surface area contributed by atoms with Crippen LogP contribution in [-0.4, -0.2) is 20.4 Å². The first-order valence-corrected chi connectivity index (χ1v) is 8.24. The average molecular weight is 374 g/mol. The summed E-state index contributed by atoms with van der Waals surface area (Å²) in [6.07, 6.45) is 1.38. The molecule has 1 aromatic heterocycles. The van der Waals surface area contributed by atoms with Crippen LogP contribution in [0.3, 0.4) is 0 Å². The maximum Gasteiger partial charge on any atom is 0.281 e. The SMILES string of the molecule is CNc1cccnc1S(=O)(=O)Nc1cc(F)c(Br)cc1C. The van der Waals surface area contributed by atoms with Gasteiger partial charge in [0.25, 0.3) is 10.0 Å². The maximum absolute atomic E-state index is 13.6. The highest BCUT2D eigenvalue weighted by molar-refractivity contribution is 9.10. The molecule has 0 atom stereocenters. The molecule has 0 bridgehead atoms. The lowest BCUT2D eigenvalue weighted by Crippen LogP contribution is -2.17. The van der Waals surface area contributed by atoms with E-state index in [4.69, 9.17) is 0 Å². The molecule has 0 aliphatic heterocycles. The number of aryl methyl sites for hydroxylation is 1. The lowest BCUT2D eigenvalue weighted by molar-refractivity contribution is 0.597. The number of aromatic nitrogens is 1. The summed E-state index contributed by atoms with van der Waals surface area (Å²) in [4.78, 5) is 3.87. The highest BCUT2D eigenvalue weighted by atomic mass is 79.9. The van der Waals surface area contributed by atoms with E-state index in [0.29, 0.717) is 11.3 Å². The lowest BCUT2D eigenvalue weighted by atomic mass is 10.2. The van der Waals surface area contributed by atoms with Crippen LogP contribution in [-0.2, 0) is 10.0 Å². The van der Waals surface area contributed by atoms with Crippen LogP contribution in [0.25, 0.3) is 0 Å². The molecule has 0 radical (unpaired) electrons. The molecule has 112 valence electrons. The average Bonchev–Trinajstić information content (AvgIpc) is 2.44. The number of nitrogens with one attached hydrogen (secondary N) is 2. The van der Waals surface area contributed by atoms with Crippen LogP contribution in [0.2, 0.25) is 0 Å².